The largest absolute Gasteiger partial charge is 0.465 e. The molecule has 1 N–H and O–H groups in total. The lowest BCUT2D eigenvalue weighted by Crippen LogP contribution is -2.40. The summed E-state index contributed by atoms with van der Waals surface area (Å²) in [5.41, 5.74) is 2.43. The summed E-state index contributed by atoms with van der Waals surface area (Å²) in [5, 5.41) is 3.32. The van der Waals surface area contributed by atoms with E-state index in [4.69, 9.17) is 9.47 Å². The van der Waals surface area contributed by atoms with Gasteiger partial charge in [-0.15, -0.1) is 0 Å². The number of ether oxygens (including phenoxy) is 2. The number of morpholine rings is 1. The summed E-state index contributed by atoms with van der Waals surface area (Å²) >= 11 is 0. The third-order valence-electron chi connectivity index (χ3n) is 4.01. The Morgan fingerprint density at radius 2 is 2.13 bits per heavy atom. The second-order valence-corrected chi connectivity index (χ2v) is 5.71. The minimum Gasteiger partial charge on any atom is -0.465 e. The molecule has 2 aliphatic heterocycles. The number of carbonyl (C=O) groups is 1. The smallest absolute Gasteiger partial charge is 0.320 e. The second kappa shape index (κ2) is 8.08. The monoisotopic (exact) mass is 317 g/mol. The standard InChI is InChI=1S/C17H23N3O3/c21-16(13-20-7-10-22-11-8-20)23-9-3-6-18-17-15-5-2-1-4-14(15)12-19-17/h1-2,4-5H,3,6-13H2,(H,18,19). The average molecular weight is 317 g/mol. The van der Waals surface area contributed by atoms with Crippen molar-refractivity contribution < 1.29 is 14.3 Å². The SMILES string of the molecule is O=C(CN1CCOCC1)OCCCNC1=NCc2ccccc21. The van der Waals surface area contributed by atoms with Crippen molar-refractivity contribution in [3.63, 3.8) is 0 Å². The van der Waals surface area contributed by atoms with Crippen molar-refractivity contribution in [3.05, 3.63) is 35.4 Å². The molecule has 3 rings (SSSR count). The van der Waals surface area contributed by atoms with Crippen LogP contribution < -0.4 is 5.32 Å². The zero-order valence-electron chi connectivity index (χ0n) is 13.3. The number of fused-ring (bicyclic) bond motifs is 1. The number of amidine groups is 1. The Hall–Kier alpha value is -1.92. The third kappa shape index (κ3) is 4.53. The Morgan fingerprint density at radius 3 is 3.00 bits per heavy atom. The summed E-state index contributed by atoms with van der Waals surface area (Å²) in [6.45, 7) is 5.28. The van der Waals surface area contributed by atoms with Gasteiger partial charge in [0.1, 0.15) is 5.84 Å². The average Bonchev–Trinajstić information content (AvgIpc) is 2.99. The van der Waals surface area contributed by atoms with Crippen LogP contribution in [-0.4, -0.2) is 62.7 Å². The van der Waals surface area contributed by atoms with Crippen molar-refractivity contribution in [2.75, 3.05) is 46.0 Å². The molecule has 0 atom stereocenters. The van der Waals surface area contributed by atoms with Gasteiger partial charge in [0.15, 0.2) is 0 Å². The molecule has 1 saturated heterocycles. The van der Waals surface area contributed by atoms with Crippen LogP contribution in [0, 0.1) is 0 Å². The van der Waals surface area contributed by atoms with Crippen LogP contribution in [0.1, 0.15) is 17.5 Å². The molecule has 1 fully saturated rings. The van der Waals surface area contributed by atoms with Crippen LogP contribution in [0.25, 0.3) is 0 Å². The summed E-state index contributed by atoms with van der Waals surface area (Å²) in [6, 6.07) is 8.23. The van der Waals surface area contributed by atoms with Gasteiger partial charge in [-0.3, -0.25) is 14.7 Å². The van der Waals surface area contributed by atoms with Gasteiger partial charge in [0.25, 0.3) is 0 Å². The number of rotatable bonds is 6. The molecule has 124 valence electrons. The minimum atomic E-state index is -0.157. The summed E-state index contributed by atoms with van der Waals surface area (Å²) < 4.78 is 10.5. The fraction of sp³-hybridized carbons (Fsp3) is 0.529. The summed E-state index contributed by atoms with van der Waals surface area (Å²) in [5.74, 6) is 0.788. The van der Waals surface area contributed by atoms with Gasteiger partial charge < -0.3 is 14.8 Å². The van der Waals surface area contributed by atoms with E-state index in [1.807, 2.05) is 12.1 Å². The number of benzene rings is 1. The van der Waals surface area contributed by atoms with Gasteiger partial charge in [-0.1, -0.05) is 24.3 Å². The molecule has 0 amide bonds. The van der Waals surface area contributed by atoms with E-state index in [-0.39, 0.29) is 5.97 Å². The molecule has 0 saturated carbocycles. The maximum absolute atomic E-state index is 11.7. The number of esters is 1. The fourth-order valence-corrected chi connectivity index (χ4v) is 2.74. The molecule has 2 aliphatic rings. The van der Waals surface area contributed by atoms with E-state index in [1.54, 1.807) is 0 Å². The number of aliphatic imine (C=N–C) groups is 1. The summed E-state index contributed by atoms with van der Waals surface area (Å²) in [6.07, 6.45) is 0.774. The minimum absolute atomic E-state index is 0.157. The number of carbonyl (C=O) groups excluding carboxylic acids is 1. The highest BCUT2D eigenvalue weighted by molar-refractivity contribution is 6.01. The maximum Gasteiger partial charge on any atom is 0.320 e. The molecule has 0 spiro atoms. The van der Waals surface area contributed by atoms with E-state index in [2.05, 4.69) is 27.3 Å². The first-order chi connectivity index (χ1) is 11.3. The molecular weight excluding hydrogens is 294 g/mol. The van der Waals surface area contributed by atoms with Gasteiger partial charge in [-0.2, -0.15) is 0 Å². The van der Waals surface area contributed by atoms with Gasteiger partial charge in [-0.05, 0) is 12.0 Å². The van der Waals surface area contributed by atoms with Gasteiger partial charge in [-0.25, -0.2) is 0 Å². The van der Waals surface area contributed by atoms with E-state index in [9.17, 15) is 4.79 Å². The molecule has 23 heavy (non-hydrogen) atoms. The maximum atomic E-state index is 11.7. The van der Waals surface area contributed by atoms with Crippen molar-refractivity contribution in [2.24, 2.45) is 4.99 Å². The van der Waals surface area contributed by atoms with Crippen molar-refractivity contribution in [3.8, 4) is 0 Å². The summed E-state index contributed by atoms with van der Waals surface area (Å²) in [4.78, 5) is 18.3. The lowest BCUT2D eigenvalue weighted by Gasteiger charge is -2.25. The van der Waals surface area contributed by atoms with Crippen LogP contribution in [0.3, 0.4) is 0 Å². The van der Waals surface area contributed by atoms with E-state index < -0.39 is 0 Å². The van der Waals surface area contributed by atoms with Crippen LogP contribution in [0.15, 0.2) is 29.3 Å². The topological polar surface area (TPSA) is 63.2 Å². The highest BCUT2D eigenvalue weighted by atomic mass is 16.5. The number of hydrogen-bond donors (Lipinski definition) is 1. The van der Waals surface area contributed by atoms with Gasteiger partial charge in [0.05, 0.1) is 32.9 Å². The predicted octanol–water partition coefficient (Wildman–Crippen LogP) is 0.802. The quantitative estimate of drug-likeness (QED) is 0.621. The molecule has 1 aromatic rings. The van der Waals surface area contributed by atoms with E-state index in [1.165, 1.54) is 11.1 Å². The lowest BCUT2D eigenvalue weighted by molar-refractivity contribution is -0.146. The Labute approximate surface area is 136 Å². The summed E-state index contributed by atoms with van der Waals surface area (Å²) in [7, 11) is 0. The highest BCUT2D eigenvalue weighted by Gasteiger charge is 2.15. The van der Waals surface area contributed by atoms with E-state index in [0.29, 0.717) is 26.4 Å². The third-order valence-corrected chi connectivity index (χ3v) is 4.01. The second-order valence-electron chi connectivity index (χ2n) is 5.71. The highest BCUT2D eigenvalue weighted by Crippen LogP contribution is 2.16. The molecule has 0 bridgehead atoms. The van der Waals surface area contributed by atoms with Gasteiger partial charge in [0.2, 0.25) is 0 Å². The Balaban J connectivity index is 1.29. The Morgan fingerprint density at radius 1 is 1.30 bits per heavy atom. The molecular formula is C17H23N3O3. The number of nitrogens with one attached hydrogen (secondary N) is 1. The molecule has 0 aliphatic carbocycles. The van der Waals surface area contributed by atoms with Crippen molar-refractivity contribution in [1.82, 2.24) is 10.2 Å². The molecule has 6 heteroatoms. The van der Waals surface area contributed by atoms with Crippen LogP contribution in [0.2, 0.25) is 0 Å². The Kier molecular flexibility index (Phi) is 5.60. The number of hydrogen-bond acceptors (Lipinski definition) is 6. The number of nitrogens with zero attached hydrogens (tertiary/aromatic N) is 2. The molecule has 1 aromatic carbocycles. The van der Waals surface area contributed by atoms with Crippen molar-refractivity contribution in [1.29, 1.82) is 0 Å². The zero-order valence-corrected chi connectivity index (χ0v) is 13.3. The van der Waals surface area contributed by atoms with Crippen LogP contribution in [0.4, 0.5) is 0 Å². The Bertz CT molecular complexity index is 568. The molecule has 0 radical (unpaired) electrons. The van der Waals surface area contributed by atoms with Crippen molar-refractivity contribution >= 4 is 11.8 Å². The van der Waals surface area contributed by atoms with Crippen LogP contribution in [0.5, 0.6) is 0 Å². The molecule has 2 heterocycles. The first kappa shape index (κ1) is 16.0. The first-order valence-corrected chi connectivity index (χ1v) is 8.15. The first-order valence-electron chi connectivity index (χ1n) is 8.15. The van der Waals surface area contributed by atoms with Crippen LogP contribution in [-0.2, 0) is 20.8 Å². The fourth-order valence-electron chi connectivity index (χ4n) is 2.74. The van der Waals surface area contributed by atoms with Crippen LogP contribution >= 0.6 is 0 Å². The van der Waals surface area contributed by atoms with E-state index in [0.717, 1.165) is 38.4 Å². The normalized spacial score (nSPS) is 17.5. The van der Waals surface area contributed by atoms with E-state index >= 15 is 0 Å². The molecule has 0 aromatic heterocycles. The zero-order chi connectivity index (χ0) is 15.9. The lowest BCUT2D eigenvalue weighted by atomic mass is 10.1. The predicted molar refractivity (Wildman–Crippen MR) is 87.5 cm³/mol. The molecule has 6 nitrogen and oxygen atoms in total. The van der Waals surface area contributed by atoms with Gasteiger partial charge >= 0.3 is 5.97 Å². The molecule has 0 unspecified atom stereocenters. The van der Waals surface area contributed by atoms with Gasteiger partial charge in [0, 0.05) is 25.2 Å². The van der Waals surface area contributed by atoms with Crippen molar-refractivity contribution in [2.45, 2.75) is 13.0 Å².